The summed E-state index contributed by atoms with van der Waals surface area (Å²) in [7, 11) is 0. The second-order valence-corrected chi connectivity index (χ2v) is 7.41. The predicted octanol–water partition coefficient (Wildman–Crippen LogP) is 4.39. The van der Waals surface area contributed by atoms with Gasteiger partial charge in [-0.3, -0.25) is 9.59 Å². The van der Waals surface area contributed by atoms with Crippen molar-refractivity contribution >= 4 is 23.2 Å². The van der Waals surface area contributed by atoms with Gasteiger partial charge < -0.3 is 15.0 Å². The molecule has 28 heavy (non-hydrogen) atoms. The number of anilines is 2. The second kappa shape index (κ2) is 8.46. The highest BCUT2D eigenvalue weighted by molar-refractivity contribution is 6.13. The summed E-state index contributed by atoms with van der Waals surface area (Å²) in [6.45, 7) is 9.27. The minimum atomic E-state index is -0.656. The molecule has 2 amide bonds. The summed E-state index contributed by atoms with van der Waals surface area (Å²) in [5.74, 6) is -0.254. The quantitative estimate of drug-likeness (QED) is 0.756. The zero-order valence-corrected chi connectivity index (χ0v) is 17.0. The summed E-state index contributed by atoms with van der Waals surface area (Å²) in [5, 5.41) is 2.92. The van der Waals surface area contributed by atoms with E-state index in [1.54, 1.807) is 4.90 Å². The van der Waals surface area contributed by atoms with Crippen molar-refractivity contribution in [3.63, 3.8) is 0 Å². The molecule has 148 valence electrons. The zero-order valence-electron chi connectivity index (χ0n) is 17.0. The first-order valence-corrected chi connectivity index (χ1v) is 9.83. The number of hydrogen-bond donors (Lipinski definition) is 1. The topological polar surface area (TPSA) is 58.6 Å². The van der Waals surface area contributed by atoms with Gasteiger partial charge in [-0.1, -0.05) is 13.0 Å². The third kappa shape index (κ3) is 4.19. The van der Waals surface area contributed by atoms with Crippen LogP contribution in [-0.2, 0) is 9.59 Å². The van der Waals surface area contributed by atoms with Gasteiger partial charge in [0.15, 0.2) is 0 Å². The normalized spacial score (nSPS) is 16.4. The van der Waals surface area contributed by atoms with Crippen LogP contribution in [0.15, 0.2) is 36.4 Å². The highest BCUT2D eigenvalue weighted by Gasteiger charge is 2.37. The van der Waals surface area contributed by atoms with E-state index < -0.39 is 5.92 Å². The molecule has 0 aliphatic carbocycles. The molecule has 3 rings (SSSR count). The molecule has 2 aromatic carbocycles. The van der Waals surface area contributed by atoms with Gasteiger partial charge in [0.05, 0.1) is 6.61 Å². The molecule has 1 atom stereocenters. The molecule has 0 spiro atoms. The average molecular weight is 380 g/mol. The Balaban J connectivity index is 1.68. The molecule has 0 saturated carbocycles. The standard InChI is InChI=1S/C23H28N2O3/c1-5-12-28-19-8-9-21(17(4)14-19)24-22(26)20-10-11-25(23(20)27)18-7-6-15(2)16(3)13-18/h6-9,13-14,20H,5,10-12H2,1-4H3,(H,24,26). The SMILES string of the molecule is CCCOc1ccc(NC(=O)C2CCN(c3ccc(C)c(C)c3)C2=O)c(C)c1. The Morgan fingerprint density at radius 1 is 1.11 bits per heavy atom. The number of aryl methyl sites for hydroxylation is 3. The number of rotatable bonds is 6. The number of ether oxygens (including phenoxy) is 1. The average Bonchev–Trinajstić information content (AvgIpc) is 3.05. The van der Waals surface area contributed by atoms with E-state index >= 15 is 0 Å². The van der Waals surface area contributed by atoms with Gasteiger partial charge in [0.2, 0.25) is 11.8 Å². The highest BCUT2D eigenvalue weighted by Crippen LogP contribution is 2.29. The van der Waals surface area contributed by atoms with Gasteiger partial charge in [0, 0.05) is 17.9 Å². The predicted molar refractivity (Wildman–Crippen MR) is 112 cm³/mol. The van der Waals surface area contributed by atoms with E-state index in [0.29, 0.717) is 25.3 Å². The van der Waals surface area contributed by atoms with Crippen LogP contribution in [0.1, 0.15) is 36.5 Å². The van der Waals surface area contributed by atoms with Crippen LogP contribution in [0.2, 0.25) is 0 Å². The van der Waals surface area contributed by atoms with Crippen molar-refractivity contribution < 1.29 is 14.3 Å². The van der Waals surface area contributed by atoms with E-state index in [1.807, 2.05) is 57.2 Å². The maximum Gasteiger partial charge on any atom is 0.239 e. The van der Waals surface area contributed by atoms with Crippen molar-refractivity contribution in [3.8, 4) is 5.75 Å². The maximum atomic E-state index is 12.8. The van der Waals surface area contributed by atoms with Crippen molar-refractivity contribution in [3.05, 3.63) is 53.1 Å². The third-order valence-electron chi connectivity index (χ3n) is 5.25. The number of nitrogens with one attached hydrogen (secondary N) is 1. The fourth-order valence-electron chi connectivity index (χ4n) is 3.38. The van der Waals surface area contributed by atoms with Crippen molar-refractivity contribution in [2.24, 2.45) is 5.92 Å². The first-order valence-electron chi connectivity index (χ1n) is 9.83. The number of amides is 2. The van der Waals surface area contributed by atoms with E-state index in [4.69, 9.17) is 4.74 Å². The smallest absolute Gasteiger partial charge is 0.239 e. The molecule has 1 N–H and O–H groups in total. The summed E-state index contributed by atoms with van der Waals surface area (Å²) in [6, 6.07) is 11.5. The summed E-state index contributed by atoms with van der Waals surface area (Å²) in [4.78, 5) is 27.3. The molecule has 5 heteroatoms. The molecule has 1 fully saturated rings. The minimum Gasteiger partial charge on any atom is -0.494 e. The summed E-state index contributed by atoms with van der Waals surface area (Å²) in [5.41, 5.74) is 4.81. The number of carbonyl (C=O) groups is 2. The fourth-order valence-corrected chi connectivity index (χ4v) is 3.38. The Morgan fingerprint density at radius 2 is 1.89 bits per heavy atom. The highest BCUT2D eigenvalue weighted by atomic mass is 16.5. The van der Waals surface area contributed by atoms with Gasteiger partial charge in [-0.2, -0.15) is 0 Å². The minimum absolute atomic E-state index is 0.138. The van der Waals surface area contributed by atoms with E-state index in [0.717, 1.165) is 29.0 Å². The Hall–Kier alpha value is -2.82. The van der Waals surface area contributed by atoms with E-state index in [1.165, 1.54) is 5.56 Å². The summed E-state index contributed by atoms with van der Waals surface area (Å²) < 4.78 is 5.62. The summed E-state index contributed by atoms with van der Waals surface area (Å²) >= 11 is 0. The monoisotopic (exact) mass is 380 g/mol. The van der Waals surface area contributed by atoms with Crippen molar-refractivity contribution in [2.75, 3.05) is 23.4 Å². The van der Waals surface area contributed by atoms with Crippen LogP contribution in [0.25, 0.3) is 0 Å². The summed E-state index contributed by atoms with van der Waals surface area (Å²) in [6.07, 6.45) is 1.46. The lowest BCUT2D eigenvalue weighted by atomic mass is 10.1. The van der Waals surface area contributed by atoms with Crippen LogP contribution in [0.4, 0.5) is 11.4 Å². The van der Waals surface area contributed by atoms with Gasteiger partial charge in [0.25, 0.3) is 0 Å². The van der Waals surface area contributed by atoms with E-state index in [-0.39, 0.29) is 11.8 Å². The number of hydrogen-bond acceptors (Lipinski definition) is 3. The molecule has 0 radical (unpaired) electrons. The lowest BCUT2D eigenvalue weighted by Gasteiger charge is -2.18. The molecule has 1 aliphatic rings. The van der Waals surface area contributed by atoms with Crippen molar-refractivity contribution in [1.82, 2.24) is 0 Å². The molecule has 1 aliphatic heterocycles. The van der Waals surface area contributed by atoms with Crippen LogP contribution < -0.4 is 15.0 Å². The Kier molecular flexibility index (Phi) is 6.02. The van der Waals surface area contributed by atoms with Crippen LogP contribution in [-0.4, -0.2) is 25.0 Å². The lowest BCUT2D eigenvalue weighted by molar-refractivity contribution is -0.129. The fraction of sp³-hybridized carbons (Fsp3) is 0.391. The van der Waals surface area contributed by atoms with Crippen LogP contribution >= 0.6 is 0 Å². The Bertz CT molecular complexity index is 891. The van der Waals surface area contributed by atoms with Crippen LogP contribution in [0.3, 0.4) is 0 Å². The number of carbonyl (C=O) groups excluding carboxylic acids is 2. The maximum absolute atomic E-state index is 12.8. The zero-order chi connectivity index (χ0) is 20.3. The van der Waals surface area contributed by atoms with Gasteiger partial charge >= 0.3 is 0 Å². The molecule has 0 bridgehead atoms. The molecule has 1 unspecified atom stereocenters. The Morgan fingerprint density at radius 3 is 2.57 bits per heavy atom. The van der Waals surface area contributed by atoms with Gasteiger partial charge in [-0.15, -0.1) is 0 Å². The molecule has 5 nitrogen and oxygen atoms in total. The molecule has 1 heterocycles. The largest absolute Gasteiger partial charge is 0.494 e. The first-order chi connectivity index (χ1) is 13.4. The molecule has 2 aromatic rings. The molecular formula is C23H28N2O3. The van der Waals surface area contributed by atoms with E-state index in [2.05, 4.69) is 12.2 Å². The molecule has 1 saturated heterocycles. The number of nitrogens with zero attached hydrogens (tertiary/aromatic N) is 1. The molecule has 0 aromatic heterocycles. The third-order valence-corrected chi connectivity index (χ3v) is 5.25. The lowest BCUT2D eigenvalue weighted by Crippen LogP contribution is -2.33. The van der Waals surface area contributed by atoms with Crippen LogP contribution in [0.5, 0.6) is 5.75 Å². The number of benzene rings is 2. The van der Waals surface area contributed by atoms with Crippen molar-refractivity contribution in [1.29, 1.82) is 0 Å². The first kappa shape index (κ1) is 19.9. The van der Waals surface area contributed by atoms with Gasteiger partial charge in [-0.05, 0) is 80.6 Å². The van der Waals surface area contributed by atoms with Crippen molar-refractivity contribution in [2.45, 2.75) is 40.5 Å². The van der Waals surface area contributed by atoms with Gasteiger partial charge in [0.1, 0.15) is 11.7 Å². The second-order valence-electron chi connectivity index (χ2n) is 7.41. The van der Waals surface area contributed by atoms with Gasteiger partial charge in [-0.25, -0.2) is 0 Å². The Labute approximate surface area is 166 Å². The molecular weight excluding hydrogens is 352 g/mol. The van der Waals surface area contributed by atoms with Crippen LogP contribution in [0, 0.1) is 26.7 Å². The van der Waals surface area contributed by atoms with E-state index in [9.17, 15) is 9.59 Å².